The van der Waals surface area contributed by atoms with Gasteiger partial charge in [-0.15, -0.1) is 0 Å². The van der Waals surface area contributed by atoms with Crippen molar-refractivity contribution in [2.24, 2.45) is 0 Å². The molecule has 0 aromatic carbocycles. The van der Waals surface area contributed by atoms with Crippen LogP contribution in [0, 0.1) is 0 Å². The van der Waals surface area contributed by atoms with Gasteiger partial charge in [0.1, 0.15) is 5.60 Å². The molecular formula is C14H22N2O5. The van der Waals surface area contributed by atoms with Crippen LogP contribution in [0.1, 0.15) is 51.0 Å². The fourth-order valence-corrected chi connectivity index (χ4v) is 1.46. The molecule has 7 heteroatoms. The van der Waals surface area contributed by atoms with Crippen LogP contribution in [-0.2, 0) is 4.74 Å². The van der Waals surface area contributed by atoms with Crippen LogP contribution in [0.15, 0.2) is 4.79 Å². The number of unbranched alkanes of at least 4 members (excludes halogenated alkanes) is 1. The SMILES string of the molecule is CCCCOc1c(C(=O)OC(C)(C)C)nc(OC)[nH]c1=O. The molecule has 0 saturated heterocycles. The van der Waals surface area contributed by atoms with E-state index in [1.807, 2.05) is 6.92 Å². The van der Waals surface area contributed by atoms with Crippen LogP contribution in [0.3, 0.4) is 0 Å². The van der Waals surface area contributed by atoms with Crippen LogP contribution < -0.4 is 15.0 Å². The van der Waals surface area contributed by atoms with Crippen molar-refractivity contribution in [2.45, 2.75) is 46.1 Å². The van der Waals surface area contributed by atoms with E-state index in [1.165, 1.54) is 7.11 Å². The zero-order valence-electron chi connectivity index (χ0n) is 13.1. The topological polar surface area (TPSA) is 90.5 Å². The third-order valence-electron chi connectivity index (χ3n) is 2.38. The van der Waals surface area contributed by atoms with E-state index in [1.54, 1.807) is 20.8 Å². The fraction of sp³-hybridized carbons (Fsp3) is 0.643. The fourth-order valence-electron chi connectivity index (χ4n) is 1.46. The standard InChI is InChI=1S/C14H22N2O5/c1-6-7-8-20-10-9(12(18)21-14(2,3)4)15-13(19-5)16-11(10)17/h6-8H2,1-5H3,(H,15,16,17). The summed E-state index contributed by atoms with van der Waals surface area (Å²) in [5.74, 6) is -0.864. The summed E-state index contributed by atoms with van der Waals surface area (Å²) in [6.07, 6.45) is 1.67. The van der Waals surface area contributed by atoms with Crippen LogP contribution in [0.5, 0.6) is 11.8 Å². The van der Waals surface area contributed by atoms with Crippen LogP contribution in [0.25, 0.3) is 0 Å². The summed E-state index contributed by atoms with van der Waals surface area (Å²) < 4.78 is 15.5. The minimum absolute atomic E-state index is 0.0660. The summed E-state index contributed by atoms with van der Waals surface area (Å²) >= 11 is 0. The second-order valence-corrected chi connectivity index (χ2v) is 5.46. The first kappa shape index (κ1) is 17.0. The Balaban J connectivity index is 3.15. The molecule has 0 unspecified atom stereocenters. The van der Waals surface area contributed by atoms with Crippen molar-refractivity contribution in [3.05, 3.63) is 16.0 Å². The molecule has 1 N–H and O–H groups in total. The Morgan fingerprint density at radius 1 is 1.33 bits per heavy atom. The van der Waals surface area contributed by atoms with Crippen molar-refractivity contribution < 1.29 is 19.0 Å². The molecule has 21 heavy (non-hydrogen) atoms. The van der Waals surface area contributed by atoms with Crippen molar-refractivity contribution in [3.63, 3.8) is 0 Å². The maximum absolute atomic E-state index is 12.2. The van der Waals surface area contributed by atoms with Crippen molar-refractivity contribution in [1.29, 1.82) is 0 Å². The molecule has 0 radical (unpaired) electrons. The number of rotatable bonds is 6. The Hall–Kier alpha value is -2.05. The van der Waals surface area contributed by atoms with Crippen molar-refractivity contribution in [1.82, 2.24) is 9.97 Å². The summed E-state index contributed by atoms with van der Waals surface area (Å²) in [6.45, 7) is 7.50. The number of nitrogens with one attached hydrogen (secondary N) is 1. The normalized spacial score (nSPS) is 11.1. The second-order valence-electron chi connectivity index (χ2n) is 5.46. The minimum Gasteiger partial charge on any atom is -0.486 e. The van der Waals surface area contributed by atoms with Crippen LogP contribution >= 0.6 is 0 Å². The van der Waals surface area contributed by atoms with Crippen molar-refractivity contribution in [2.75, 3.05) is 13.7 Å². The summed E-state index contributed by atoms with van der Waals surface area (Å²) in [4.78, 5) is 30.5. The zero-order chi connectivity index (χ0) is 16.0. The van der Waals surface area contributed by atoms with Gasteiger partial charge in [-0.2, -0.15) is 4.98 Å². The molecule has 1 aromatic heterocycles. The van der Waals surface area contributed by atoms with E-state index in [0.717, 1.165) is 12.8 Å². The maximum Gasteiger partial charge on any atom is 0.361 e. The summed E-state index contributed by atoms with van der Waals surface area (Å²) in [6, 6.07) is -0.0660. The minimum atomic E-state index is -0.724. The van der Waals surface area contributed by atoms with Gasteiger partial charge < -0.3 is 14.2 Å². The predicted octanol–water partition coefficient (Wildman–Crippen LogP) is 1.91. The number of nitrogens with zero attached hydrogens (tertiary/aromatic N) is 1. The number of hydrogen-bond donors (Lipinski definition) is 1. The molecule has 0 aliphatic rings. The molecule has 1 aromatic rings. The van der Waals surface area contributed by atoms with Crippen LogP contribution in [0.4, 0.5) is 0 Å². The lowest BCUT2D eigenvalue weighted by Gasteiger charge is -2.20. The first-order chi connectivity index (χ1) is 9.78. The Kier molecular flexibility index (Phi) is 5.75. The van der Waals surface area contributed by atoms with Crippen molar-refractivity contribution >= 4 is 5.97 Å². The molecule has 0 fully saturated rings. The van der Waals surface area contributed by atoms with E-state index in [9.17, 15) is 9.59 Å². The smallest absolute Gasteiger partial charge is 0.361 e. The monoisotopic (exact) mass is 298 g/mol. The van der Waals surface area contributed by atoms with E-state index < -0.39 is 17.1 Å². The largest absolute Gasteiger partial charge is 0.486 e. The highest BCUT2D eigenvalue weighted by Gasteiger charge is 2.25. The average Bonchev–Trinajstić information content (AvgIpc) is 2.38. The molecule has 0 bridgehead atoms. The van der Waals surface area contributed by atoms with Crippen molar-refractivity contribution in [3.8, 4) is 11.8 Å². The Morgan fingerprint density at radius 3 is 2.52 bits per heavy atom. The number of esters is 1. The summed E-state index contributed by atoms with van der Waals surface area (Å²) in [7, 11) is 1.34. The molecule has 0 aliphatic carbocycles. The van der Waals surface area contributed by atoms with E-state index in [4.69, 9.17) is 14.2 Å². The van der Waals surface area contributed by atoms with Gasteiger partial charge in [0.15, 0.2) is 0 Å². The average molecular weight is 298 g/mol. The zero-order valence-corrected chi connectivity index (χ0v) is 13.1. The highest BCUT2D eigenvalue weighted by atomic mass is 16.6. The van der Waals surface area contributed by atoms with E-state index in [0.29, 0.717) is 6.61 Å². The van der Waals surface area contributed by atoms with E-state index in [-0.39, 0.29) is 17.5 Å². The quantitative estimate of drug-likeness (QED) is 0.637. The number of aromatic nitrogens is 2. The van der Waals surface area contributed by atoms with Gasteiger partial charge in [0.2, 0.25) is 11.4 Å². The predicted molar refractivity (Wildman–Crippen MR) is 77.0 cm³/mol. The lowest BCUT2D eigenvalue weighted by atomic mass is 10.2. The number of H-pyrrole nitrogens is 1. The highest BCUT2D eigenvalue weighted by Crippen LogP contribution is 2.18. The summed E-state index contributed by atoms with van der Waals surface area (Å²) in [5.41, 5.74) is -1.45. The lowest BCUT2D eigenvalue weighted by Crippen LogP contribution is -2.27. The van der Waals surface area contributed by atoms with Gasteiger partial charge in [-0.05, 0) is 27.2 Å². The summed E-state index contributed by atoms with van der Waals surface area (Å²) in [5, 5.41) is 0. The molecule has 0 saturated carbocycles. The highest BCUT2D eigenvalue weighted by molar-refractivity contribution is 5.90. The van der Waals surface area contributed by atoms with Gasteiger partial charge >= 0.3 is 5.97 Å². The number of aromatic amines is 1. The maximum atomic E-state index is 12.2. The molecule has 0 atom stereocenters. The number of methoxy groups -OCH3 is 1. The molecule has 118 valence electrons. The molecule has 7 nitrogen and oxygen atoms in total. The molecule has 0 amide bonds. The van der Waals surface area contributed by atoms with Crippen LogP contribution in [0.2, 0.25) is 0 Å². The number of carbonyl (C=O) groups excluding carboxylic acids is 1. The third-order valence-corrected chi connectivity index (χ3v) is 2.38. The van der Waals surface area contributed by atoms with Gasteiger partial charge in [0, 0.05) is 0 Å². The molecule has 1 rings (SSSR count). The second kappa shape index (κ2) is 7.10. The Bertz CT molecular complexity index is 545. The van der Waals surface area contributed by atoms with E-state index >= 15 is 0 Å². The van der Waals surface area contributed by atoms with Gasteiger partial charge in [0.25, 0.3) is 11.6 Å². The van der Waals surface area contributed by atoms with Gasteiger partial charge in [-0.3, -0.25) is 9.78 Å². The van der Waals surface area contributed by atoms with Gasteiger partial charge in [-0.1, -0.05) is 13.3 Å². The third kappa shape index (κ3) is 5.09. The molecular weight excluding hydrogens is 276 g/mol. The Labute approximate surface area is 123 Å². The number of hydrogen-bond acceptors (Lipinski definition) is 6. The molecule has 0 spiro atoms. The molecule has 0 aliphatic heterocycles. The lowest BCUT2D eigenvalue weighted by molar-refractivity contribution is 0.00569. The van der Waals surface area contributed by atoms with E-state index in [2.05, 4.69) is 9.97 Å². The van der Waals surface area contributed by atoms with Crippen LogP contribution in [-0.4, -0.2) is 35.3 Å². The first-order valence-electron chi connectivity index (χ1n) is 6.83. The first-order valence-corrected chi connectivity index (χ1v) is 6.83. The molecule has 1 heterocycles. The number of carbonyl (C=O) groups is 1. The Morgan fingerprint density at radius 2 is 2.00 bits per heavy atom. The number of ether oxygens (including phenoxy) is 3. The van der Waals surface area contributed by atoms with Gasteiger partial charge in [-0.25, -0.2) is 4.79 Å². The van der Waals surface area contributed by atoms with Gasteiger partial charge in [0.05, 0.1) is 13.7 Å².